The van der Waals surface area contributed by atoms with Crippen molar-refractivity contribution in [2.75, 3.05) is 32.7 Å². The van der Waals surface area contributed by atoms with Gasteiger partial charge in [-0.3, -0.25) is 24.6 Å². The number of carbonyl (C=O) groups excluding carboxylic acids is 2. The number of nitrogens with zero attached hydrogens (tertiary/aromatic N) is 5. The zero-order valence-electron chi connectivity index (χ0n) is 15.2. The van der Waals surface area contributed by atoms with Gasteiger partial charge >= 0.3 is 0 Å². The normalized spacial score (nSPS) is 14.1. The number of nitro groups is 1. The van der Waals surface area contributed by atoms with Crippen LogP contribution in [0.15, 0.2) is 6.07 Å². The number of hydrogen-bond donors (Lipinski definition) is 0. The maximum Gasteiger partial charge on any atom is 0.299 e. The molecular formula is C15H18Cl3N5O4S2. The van der Waals surface area contributed by atoms with Gasteiger partial charge in [0.05, 0.1) is 15.5 Å². The largest absolute Gasteiger partial charge is 0.335 e. The van der Waals surface area contributed by atoms with Crippen LogP contribution in [0.25, 0.3) is 0 Å². The fourth-order valence-corrected chi connectivity index (χ4v) is 4.57. The van der Waals surface area contributed by atoms with Crippen LogP contribution in [0, 0.1) is 17.0 Å². The molecule has 2 aromatic heterocycles. The minimum Gasteiger partial charge on any atom is -0.335 e. The van der Waals surface area contributed by atoms with Crippen LogP contribution in [0.2, 0.25) is 4.34 Å². The van der Waals surface area contributed by atoms with Crippen molar-refractivity contribution in [3.63, 3.8) is 0 Å². The van der Waals surface area contributed by atoms with E-state index in [1.54, 1.807) is 11.8 Å². The van der Waals surface area contributed by atoms with Crippen molar-refractivity contribution in [2.24, 2.45) is 0 Å². The molecule has 2 aromatic rings. The summed E-state index contributed by atoms with van der Waals surface area (Å²) in [5.74, 6) is -0.223. The molecule has 0 aromatic carbocycles. The molecule has 0 atom stereocenters. The summed E-state index contributed by atoms with van der Waals surface area (Å²) in [6.45, 7) is 4.76. The first-order valence-electron chi connectivity index (χ1n) is 8.14. The van der Waals surface area contributed by atoms with Gasteiger partial charge in [-0.2, -0.15) is 0 Å². The molecule has 1 fully saturated rings. The number of Topliss-reactive ketones (excluding diaryl/α,β-unsaturated/α-hetero) is 1. The number of amides is 1. The lowest BCUT2D eigenvalue weighted by Crippen LogP contribution is -2.49. The Morgan fingerprint density at radius 2 is 1.93 bits per heavy atom. The van der Waals surface area contributed by atoms with Crippen molar-refractivity contribution in [1.29, 1.82) is 0 Å². The first-order valence-corrected chi connectivity index (χ1v) is 10.1. The summed E-state index contributed by atoms with van der Waals surface area (Å²) in [5, 5.41) is 14.7. The van der Waals surface area contributed by atoms with E-state index in [2.05, 4.69) is 14.5 Å². The molecule has 29 heavy (non-hydrogen) atoms. The van der Waals surface area contributed by atoms with E-state index in [1.807, 2.05) is 0 Å². The van der Waals surface area contributed by atoms with E-state index >= 15 is 0 Å². The molecule has 1 amide bonds. The van der Waals surface area contributed by atoms with Gasteiger partial charge in [0.1, 0.15) is 4.88 Å². The predicted octanol–water partition coefficient (Wildman–Crippen LogP) is 3.34. The summed E-state index contributed by atoms with van der Waals surface area (Å²) in [5.41, 5.74) is 0.409. The SMILES string of the molecule is Cc1nnsc1C(=O)N1CCN(CCC(=O)c2cc([N+](=O)[O-])c(Cl)s2)CC1.Cl.Cl. The third kappa shape index (κ3) is 6.06. The van der Waals surface area contributed by atoms with E-state index < -0.39 is 4.92 Å². The molecule has 160 valence electrons. The summed E-state index contributed by atoms with van der Waals surface area (Å²) in [6.07, 6.45) is 0.250. The topological polar surface area (TPSA) is 110 Å². The van der Waals surface area contributed by atoms with Gasteiger partial charge in [-0.25, -0.2) is 0 Å². The summed E-state index contributed by atoms with van der Waals surface area (Å²) >= 11 is 7.84. The molecule has 1 aliphatic rings. The molecule has 0 spiro atoms. The van der Waals surface area contributed by atoms with Crippen molar-refractivity contribution in [2.45, 2.75) is 13.3 Å². The first-order chi connectivity index (χ1) is 12.9. The third-order valence-corrected chi connectivity index (χ3v) is 6.50. The zero-order chi connectivity index (χ0) is 19.6. The molecule has 1 saturated heterocycles. The van der Waals surface area contributed by atoms with Crippen molar-refractivity contribution in [1.82, 2.24) is 19.4 Å². The molecular weight excluding hydrogens is 485 g/mol. The van der Waals surface area contributed by atoms with Crippen molar-refractivity contribution in [3.05, 3.63) is 36.0 Å². The molecule has 1 aliphatic heterocycles. The number of thiophene rings is 1. The number of aromatic nitrogens is 2. The predicted molar refractivity (Wildman–Crippen MR) is 116 cm³/mol. The Hall–Kier alpha value is -1.37. The highest BCUT2D eigenvalue weighted by molar-refractivity contribution is 7.18. The highest BCUT2D eigenvalue weighted by Gasteiger charge is 2.26. The molecule has 0 saturated carbocycles. The molecule has 14 heteroatoms. The standard InChI is InChI=1S/C15H16ClN5O4S2.2ClH/c1-9-13(27-18-17-9)15(23)20-6-4-19(5-7-20)3-2-11(22)12-8-10(21(24)25)14(16)26-12;;/h8H,2-7H2,1H3;2*1H. The van der Waals surface area contributed by atoms with E-state index in [1.165, 1.54) is 6.07 Å². The third-order valence-electron chi connectivity index (χ3n) is 4.30. The lowest BCUT2D eigenvalue weighted by molar-refractivity contribution is -0.384. The molecule has 0 bridgehead atoms. The van der Waals surface area contributed by atoms with Gasteiger partial charge in [0.2, 0.25) is 0 Å². The fraction of sp³-hybridized carbons (Fsp3) is 0.467. The Labute approximate surface area is 192 Å². The molecule has 3 heterocycles. The number of rotatable bonds is 6. The molecule has 3 rings (SSSR count). The van der Waals surface area contributed by atoms with Crippen molar-refractivity contribution < 1.29 is 14.5 Å². The Kier molecular flexibility index (Phi) is 9.86. The van der Waals surface area contributed by atoms with Gasteiger partial charge in [0, 0.05) is 45.2 Å². The van der Waals surface area contributed by atoms with Crippen molar-refractivity contribution >= 4 is 76.7 Å². The Balaban J connectivity index is 0.00000210. The Morgan fingerprint density at radius 3 is 2.45 bits per heavy atom. The Bertz CT molecular complexity index is 883. The maximum absolute atomic E-state index is 12.4. The van der Waals surface area contributed by atoms with Crippen LogP contribution in [0.5, 0.6) is 0 Å². The first kappa shape index (κ1) is 25.7. The van der Waals surface area contributed by atoms with Crippen molar-refractivity contribution in [3.8, 4) is 0 Å². The monoisotopic (exact) mass is 501 g/mol. The van der Waals surface area contributed by atoms with Gasteiger partial charge in [0.25, 0.3) is 11.6 Å². The number of hydrogen-bond acceptors (Lipinski definition) is 9. The van der Waals surface area contributed by atoms with E-state index in [0.29, 0.717) is 48.2 Å². The molecule has 0 aliphatic carbocycles. The van der Waals surface area contributed by atoms with Crippen LogP contribution in [-0.4, -0.2) is 68.7 Å². The second-order valence-electron chi connectivity index (χ2n) is 6.02. The zero-order valence-corrected chi connectivity index (χ0v) is 19.2. The fourth-order valence-electron chi connectivity index (χ4n) is 2.75. The summed E-state index contributed by atoms with van der Waals surface area (Å²) < 4.78 is 3.81. The molecule has 9 nitrogen and oxygen atoms in total. The van der Waals surface area contributed by atoms with Gasteiger partial charge in [0.15, 0.2) is 10.1 Å². The average Bonchev–Trinajstić information content (AvgIpc) is 3.25. The Morgan fingerprint density at radius 1 is 1.28 bits per heavy atom. The number of halogens is 3. The average molecular weight is 503 g/mol. The van der Waals surface area contributed by atoms with Crippen LogP contribution >= 0.6 is 59.3 Å². The summed E-state index contributed by atoms with van der Waals surface area (Å²) in [6, 6.07) is 1.23. The number of ketones is 1. The number of aryl methyl sites for hydroxylation is 1. The lowest BCUT2D eigenvalue weighted by atomic mass is 10.2. The van der Waals surface area contributed by atoms with Gasteiger partial charge < -0.3 is 4.90 Å². The van der Waals surface area contributed by atoms with E-state index in [4.69, 9.17) is 11.6 Å². The van der Waals surface area contributed by atoms with E-state index in [9.17, 15) is 19.7 Å². The van der Waals surface area contributed by atoms with Crippen LogP contribution in [0.3, 0.4) is 0 Å². The highest BCUT2D eigenvalue weighted by Crippen LogP contribution is 2.34. The quantitative estimate of drug-likeness (QED) is 0.338. The van der Waals surface area contributed by atoms with E-state index in [0.717, 1.165) is 22.9 Å². The second kappa shape index (κ2) is 11.1. The van der Waals surface area contributed by atoms with Crippen LogP contribution < -0.4 is 0 Å². The van der Waals surface area contributed by atoms with Crippen LogP contribution in [0.1, 0.15) is 31.5 Å². The van der Waals surface area contributed by atoms with Gasteiger partial charge in [-0.05, 0) is 18.5 Å². The maximum atomic E-state index is 12.4. The molecule has 0 radical (unpaired) electrons. The number of piperazine rings is 1. The minimum absolute atomic E-state index is 0. The van der Waals surface area contributed by atoms with Gasteiger partial charge in [-0.15, -0.1) is 41.2 Å². The van der Waals surface area contributed by atoms with Crippen LogP contribution in [0.4, 0.5) is 5.69 Å². The summed E-state index contributed by atoms with van der Waals surface area (Å²) in [7, 11) is 0. The summed E-state index contributed by atoms with van der Waals surface area (Å²) in [4.78, 5) is 39.7. The van der Waals surface area contributed by atoms with Gasteiger partial charge in [-0.1, -0.05) is 16.1 Å². The second-order valence-corrected chi connectivity index (χ2v) is 8.43. The van der Waals surface area contributed by atoms with Crippen LogP contribution in [-0.2, 0) is 0 Å². The van der Waals surface area contributed by atoms with E-state index in [-0.39, 0.29) is 52.9 Å². The number of carbonyl (C=O) groups is 2. The minimum atomic E-state index is -0.591. The smallest absolute Gasteiger partial charge is 0.299 e. The molecule has 0 N–H and O–H groups in total. The lowest BCUT2D eigenvalue weighted by Gasteiger charge is -2.34. The molecule has 0 unspecified atom stereocenters. The highest BCUT2D eigenvalue weighted by atomic mass is 35.5.